The molecule has 21 heavy (non-hydrogen) atoms. The molecule has 0 saturated heterocycles. The normalized spacial score (nSPS) is 21.1. The van der Waals surface area contributed by atoms with Crippen LogP contribution in [-0.2, 0) is 12.0 Å². The Hall–Kier alpha value is -1.02. The number of unbranched alkanes of at least 4 members (excludes halogenated alkanes) is 5. The van der Waals surface area contributed by atoms with E-state index < -0.39 is 0 Å². The van der Waals surface area contributed by atoms with Crippen LogP contribution in [0.4, 0.5) is 0 Å². The Morgan fingerprint density at radius 3 is 2.67 bits per heavy atom. The van der Waals surface area contributed by atoms with E-state index in [1.165, 1.54) is 56.1 Å². The van der Waals surface area contributed by atoms with E-state index in [4.69, 9.17) is 10.5 Å². The number of hydrogen-bond donors (Lipinski definition) is 1. The number of benzene rings is 1. The van der Waals surface area contributed by atoms with E-state index in [0.717, 1.165) is 25.0 Å². The van der Waals surface area contributed by atoms with Crippen molar-refractivity contribution in [2.24, 2.45) is 5.73 Å². The Morgan fingerprint density at radius 1 is 1.14 bits per heavy atom. The smallest absolute Gasteiger partial charge is 0.119 e. The summed E-state index contributed by atoms with van der Waals surface area (Å²) in [4.78, 5) is 0. The van der Waals surface area contributed by atoms with Gasteiger partial charge in [0.05, 0.1) is 7.11 Å². The molecule has 1 aromatic rings. The van der Waals surface area contributed by atoms with E-state index in [2.05, 4.69) is 25.1 Å². The summed E-state index contributed by atoms with van der Waals surface area (Å²) in [6, 6.07) is 6.44. The lowest BCUT2D eigenvalue weighted by atomic mass is 9.74. The molecule has 0 fully saturated rings. The maximum absolute atomic E-state index is 6.78. The van der Waals surface area contributed by atoms with Gasteiger partial charge < -0.3 is 10.5 Å². The predicted molar refractivity (Wildman–Crippen MR) is 89.8 cm³/mol. The summed E-state index contributed by atoms with van der Waals surface area (Å²) in [5.41, 5.74) is 9.41. The van der Waals surface area contributed by atoms with E-state index in [1.807, 2.05) is 0 Å². The molecule has 0 radical (unpaired) electrons. The Kier molecular flexibility index (Phi) is 6.10. The van der Waals surface area contributed by atoms with Crippen LogP contribution in [0.5, 0.6) is 5.75 Å². The van der Waals surface area contributed by atoms with Gasteiger partial charge in [0.1, 0.15) is 5.75 Å². The van der Waals surface area contributed by atoms with Crippen LogP contribution >= 0.6 is 0 Å². The fraction of sp³-hybridized carbons (Fsp3) is 0.684. The minimum Gasteiger partial charge on any atom is -0.497 e. The number of fused-ring (bicyclic) bond motifs is 1. The molecular weight excluding hydrogens is 258 g/mol. The first kappa shape index (κ1) is 16.4. The van der Waals surface area contributed by atoms with Gasteiger partial charge >= 0.3 is 0 Å². The third-order valence-corrected chi connectivity index (χ3v) is 4.90. The molecule has 1 atom stereocenters. The fourth-order valence-electron chi connectivity index (χ4n) is 3.57. The Labute approximate surface area is 130 Å². The highest BCUT2D eigenvalue weighted by atomic mass is 16.5. The zero-order chi connectivity index (χ0) is 15.1. The number of aryl methyl sites for hydroxylation is 1. The molecule has 118 valence electrons. The van der Waals surface area contributed by atoms with Crippen LogP contribution in [-0.4, -0.2) is 7.11 Å². The van der Waals surface area contributed by atoms with Crippen LogP contribution in [0.2, 0.25) is 0 Å². The summed E-state index contributed by atoms with van der Waals surface area (Å²) >= 11 is 0. The molecular formula is C19H31NO. The quantitative estimate of drug-likeness (QED) is 0.688. The van der Waals surface area contributed by atoms with Crippen LogP contribution in [0.25, 0.3) is 0 Å². The first-order chi connectivity index (χ1) is 10.2. The highest BCUT2D eigenvalue weighted by Crippen LogP contribution is 2.38. The van der Waals surface area contributed by atoms with E-state index in [0.29, 0.717) is 0 Å². The Balaban J connectivity index is 1.96. The molecule has 0 spiro atoms. The van der Waals surface area contributed by atoms with Crippen molar-refractivity contribution < 1.29 is 4.74 Å². The molecule has 1 aromatic carbocycles. The molecule has 2 N–H and O–H groups in total. The van der Waals surface area contributed by atoms with Crippen molar-refractivity contribution >= 4 is 0 Å². The van der Waals surface area contributed by atoms with Gasteiger partial charge in [-0.3, -0.25) is 0 Å². The van der Waals surface area contributed by atoms with E-state index >= 15 is 0 Å². The average molecular weight is 289 g/mol. The van der Waals surface area contributed by atoms with Gasteiger partial charge in [0.15, 0.2) is 0 Å². The fourth-order valence-corrected chi connectivity index (χ4v) is 3.57. The van der Waals surface area contributed by atoms with Crippen molar-refractivity contribution in [1.82, 2.24) is 0 Å². The maximum Gasteiger partial charge on any atom is 0.119 e. The highest BCUT2D eigenvalue weighted by Gasteiger charge is 2.32. The average Bonchev–Trinajstić information content (AvgIpc) is 2.51. The Morgan fingerprint density at radius 2 is 1.90 bits per heavy atom. The van der Waals surface area contributed by atoms with Gasteiger partial charge in [-0.15, -0.1) is 0 Å². The minimum absolute atomic E-state index is 0.132. The second kappa shape index (κ2) is 7.84. The van der Waals surface area contributed by atoms with E-state index in [-0.39, 0.29) is 5.54 Å². The van der Waals surface area contributed by atoms with Crippen LogP contribution in [0, 0.1) is 0 Å². The molecule has 0 amide bonds. The number of methoxy groups -OCH3 is 1. The second-order valence-electron chi connectivity index (χ2n) is 6.55. The van der Waals surface area contributed by atoms with E-state index in [1.54, 1.807) is 7.11 Å². The van der Waals surface area contributed by atoms with Crippen molar-refractivity contribution in [1.29, 1.82) is 0 Å². The van der Waals surface area contributed by atoms with Crippen LogP contribution in [0.15, 0.2) is 18.2 Å². The van der Waals surface area contributed by atoms with Crippen LogP contribution in [0.3, 0.4) is 0 Å². The van der Waals surface area contributed by atoms with Gasteiger partial charge in [-0.25, -0.2) is 0 Å². The molecule has 1 unspecified atom stereocenters. The zero-order valence-electron chi connectivity index (χ0n) is 13.8. The standard InChI is InChI=1S/C19H31NO/c1-3-4-5-6-7-8-13-19(20)14-9-10-16-11-12-17(21-2)15-18(16)19/h11-12,15H,3-10,13-14,20H2,1-2H3. The predicted octanol–water partition coefficient (Wildman–Crippen LogP) is 4.94. The largest absolute Gasteiger partial charge is 0.497 e. The van der Waals surface area contributed by atoms with Gasteiger partial charge in [0.25, 0.3) is 0 Å². The maximum atomic E-state index is 6.78. The zero-order valence-corrected chi connectivity index (χ0v) is 13.8. The van der Waals surface area contributed by atoms with Gasteiger partial charge in [0.2, 0.25) is 0 Å². The van der Waals surface area contributed by atoms with Crippen molar-refractivity contribution in [2.45, 2.75) is 76.7 Å². The number of hydrogen-bond acceptors (Lipinski definition) is 2. The molecule has 0 aliphatic heterocycles. The molecule has 2 rings (SSSR count). The molecule has 0 bridgehead atoms. The summed E-state index contributed by atoms with van der Waals surface area (Å²) in [5, 5.41) is 0. The molecule has 0 heterocycles. The summed E-state index contributed by atoms with van der Waals surface area (Å²) < 4.78 is 5.39. The van der Waals surface area contributed by atoms with Gasteiger partial charge in [-0.2, -0.15) is 0 Å². The van der Waals surface area contributed by atoms with Gasteiger partial charge in [0, 0.05) is 5.54 Å². The summed E-state index contributed by atoms with van der Waals surface area (Å²) in [6.45, 7) is 2.27. The third-order valence-electron chi connectivity index (χ3n) is 4.90. The number of rotatable bonds is 8. The van der Waals surface area contributed by atoms with Crippen molar-refractivity contribution in [2.75, 3.05) is 7.11 Å². The summed E-state index contributed by atoms with van der Waals surface area (Å²) in [6.07, 6.45) is 12.6. The van der Waals surface area contributed by atoms with Crippen LogP contribution < -0.4 is 10.5 Å². The topological polar surface area (TPSA) is 35.2 Å². The Bertz CT molecular complexity index is 443. The van der Waals surface area contributed by atoms with Gasteiger partial charge in [-0.1, -0.05) is 51.5 Å². The van der Waals surface area contributed by atoms with Crippen molar-refractivity contribution in [3.8, 4) is 5.75 Å². The molecule has 0 saturated carbocycles. The molecule has 1 aliphatic rings. The molecule has 2 heteroatoms. The first-order valence-corrected chi connectivity index (χ1v) is 8.66. The number of ether oxygens (including phenoxy) is 1. The lowest BCUT2D eigenvalue weighted by molar-refractivity contribution is 0.328. The number of nitrogens with two attached hydrogens (primary N) is 1. The van der Waals surface area contributed by atoms with Gasteiger partial charge in [-0.05, 0) is 48.9 Å². The molecule has 0 aromatic heterocycles. The van der Waals surface area contributed by atoms with Crippen LogP contribution in [0.1, 0.15) is 75.8 Å². The van der Waals surface area contributed by atoms with Crippen molar-refractivity contribution in [3.05, 3.63) is 29.3 Å². The molecule has 2 nitrogen and oxygen atoms in total. The van der Waals surface area contributed by atoms with E-state index in [9.17, 15) is 0 Å². The summed E-state index contributed by atoms with van der Waals surface area (Å²) in [5.74, 6) is 0.938. The summed E-state index contributed by atoms with van der Waals surface area (Å²) in [7, 11) is 1.73. The second-order valence-corrected chi connectivity index (χ2v) is 6.55. The lowest BCUT2D eigenvalue weighted by Gasteiger charge is -2.36. The lowest BCUT2D eigenvalue weighted by Crippen LogP contribution is -2.40. The first-order valence-electron chi connectivity index (χ1n) is 8.66. The monoisotopic (exact) mass is 289 g/mol. The SMILES string of the molecule is CCCCCCCCC1(N)CCCc2ccc(OC)cc21. The third kappa shape index (κ3) is 4.23. The minimum atomic E-state index is -0.132. The van der Waals surface area contributed by atoms with Crippen molar-refractivity contribution in [3.63, 3.8) is 0 Å². The molecule has 1 aliphatic carbocycles. The highest BCUT2D eigenvalue weighted by molar-refractivity contribution is 5.41.